The molecule has 3 aromatic rings. The molecule has 4 rings (SSSR count). The third kappa shape index (κ3) is 6.51. The second-order valence-corrected chi connectivity index (χ2v) is 13.6. The fourth-order valence-corrected chi connectivity index (χ4v) is 6.63. The minimum atomic E-state index is -3.63. The molecule has 0 aliphatic carbocycles. The van der Waals surface area contributed by atoms with E-state index in [1.54, 1.807) is 27.8 Å². The summed E-state index contributed by atoms with van der Waals surface area (Å²) in [7, 11) is -0.621. The lowest BCUT2D eigenvalue weighted by atomic mass is 9.99. The number of amides is 1. The summed E-state index contributed by atoms with van der Waals surface area (Å²) in [5, 5.41) is 4.82. The highest BCUT2D eigenvalue weighted by atomic mass is 32.2. The van der Waals surface area contributed by atoms with E-state index in [4.69, 9.17) is 17.3 Å². The maximum Gasteiger partial charge on any atom is 0.266 e. The van der Waals surface area contributed by atoms with Gasteiger partial charge in [-0.05, 0) is 42.7 Å². The number of hydrogen-bond donors (Lipinski definition) is 0. The quantitative estimate of drug-likeness (QED) is 0.198. The molecule has 1 atom stereocenters. The molecule has 0 saturated carbocycles. The Bertz CT molecular complexity index is 1480. The summed E-state index contributed by atoms with van der Waals surface area (Å²) in [5.41, 5.74) is 2.77. The van der Waals surface area contributed by atoms with Crippen LogP contribution in [0.25, 0.3) is 23.0 Å². The largest absolute Gasteiger partial charge is 0.293 e. The highest BCUT2D eigenvalue weighted by molar-refractivity contribution is 8.26. The fourth-order valence-electron chi connectivity index (χ4n) is 4.42. The maximum absolute atomic E-state index is 13.5. The van der Waals surface area contributed by atoms with Gasteiger partial charge in [0.2, 0.25) is 10.0 Å². The van der Waals surface area contributed by atoms with Crippen molar-refractivity contribution in [2.24, 2.45) is 5.92 Å². The van der Waals surface area contributed by atoms with Gasteiger partial charge in [-0.2, -0.15) is 5.10 Å². The number of carbonyl (C=O) groups excluding carboxylic acids is 1. The van der Waals surface area contributed by atoms with Crippen molar-refractivity contribution in [3.8, 4) is 16.9 Å². The summed E-state index contributed by atoms with van der Waals surface area (Å²) >= 11 is 6.92. The summed E-state index contributed by atoms with van der Waals surface area (Å²) in [6.07, 6.45) is 8.01. The normalized spacial score (nSPS) is 16.0. The van der Waals surface area contributed by atoms with Crippen LogP contribution in [-0.2, 0) is 14.8 Å². The second kappa shape index (κ2) is 12.6. The topological polar surface area (TPSA) is 75.5 Å². The Hall–Kier alpha value is -2.79. The monoisotopic (exact) mass is 582 g/mol. The molecule has 1 aliphatic heterocycles. The average molecular weight is 583 g/mol. The molecule has 1 saturated heterocycles. The fraction of sp³-hybridized carbons (Fsp3) is 0.345. The van der Waals surface area contributed by atoms with Crippen LogP contribution >= 0.6 is 24.0 Å². The lowest BCUT2D eigenvalue weighted by Crippen LogP contribution is -2.33. The maximum atomic E-state index is 13.5. The van der Waals surface area contributed by atoms with Gasteiger partial charge in [0.05, 0.1) is 15.5 Å². The zero-order valence-electron chi connectivity index (χ0n) is 22.7. The molecule has 0 radical (unpaired) electrons. The van der Waals surface area contributed by atoms with Crippen molar-refractivity contribution < 1.29 is 13.2 Å². The van der Waals surface area contributed by atoms with Crippen molar-refractivity contribution in [1.29, 1.82) is 0 Å². The first-order chi connectivity index (χ1) is 18.6. The molecule has 7 nitrogen and oxygen atoms in total. The molecule has 2 aromatic carbocycles. The molecule has 1 fully saturated rings. The van der Waals surface area contributed by atoms with E-state index < -0.39 is 10.0 Å². The summed E-state index contributed by atoms with van der Waals surface area (Å²) < 4.78 is 29.1. The molecular weight excluding hydrogens is 549 g/mol. The first-order valence-electron chi connectivity index (χ1n) is 13.1. The Morgan fingerprint density at radius 3 is 2.51 bits per heavy atom. The number of unbranched alkanes of at least 4 members (excludes halogenated alkanes) is 1. The van der Waals surface area contributed by atoms with Crippen LogP contribution in [0.5, 0.6) is 0 Å². The van der Waals surface area contributed by atoms with E-state index in [0.29, 0.717) is 38.5 Å². The van der Waals surface area contributed by atoms with E-state index >= 15 is 0 Å². The predicted octanol–water partition coefficient (Wildman–Crippen LogP) is 6.21. The highest BCUT2D eigenvalue weighted by Gasteiger charge is 2.33. The third-order valence-electron chi connectivity index (χ3n) is 6.79. The summed E-state index contributed by atoms with van der Waals surface area (Å²) in [5.74, 6) is 0.312. The Morgan fingerprint density at radius 1 is 1.10 bits per heavy atom. The van der Waals surface area contributed by atoms with E-state index in [2.05, 4.69) is 13.8 Å². The molecular formula is C29H34N4O3S3. The van der Waals surface area contributed by atoms with E-state index in [1.165, 1.54) is 30.2 Å². The Balaban J connectivity index is 1.75. The molecule has 0 spiro atoms. The van der Waals surface area contributed by atoms with Gasteiger partial charge in [-0.15, -0.1) is 0 Å². The first-order valence-corrected chi connectivity index (χ1v) is 15.8. The molecule has 0 N–H and O–H groups in total. The number of aromatic nitrogens is 2. The van der Waals surface area contributed by atoms with Gasteiger partial charge in [0.15, 0.2) is 0 Å². The zero-order chi connectivity index (χ0) is 28.2. The van der Waals surface area contributed by atoms with Crippen LogP contribution in [0.15, 0.2) is 70.6 Å². The molecule has 206 valence electrons. The molecule has 10 heteroatoms. The van der Waals surface area contributed by atoms with Crippen molar-refractivity contribution in [2.45, 2.75) is 44.4 Å². The minimum Gasteiger partial charge on any atom is -0.293 e. The molecule has 1 amide bonds. The van der Waals surface area contributed by atoms with Crippen molar-refractivity contribution in [3.05, 3.63) is 71.3 Å². The molecule has 0 bridgehead atoms. The summed E-state index contributed by atoms with van der Waals surface area (Å²) in [6, 6.07) is 16.4. The zero-order valence-corrected chi connectivity index (χ0v) is 25.2. The van der Waals surface area contributed by atoms with Gasteiger partial charge in [-0.25, -0.2) is 17.4 Å². The van der Waals surface area contributed by atoms with E-state index in [1.807, 2.05) is 48.7 Å². The van der Waals surface area contributed by atoms with Gasteiger partial charge in [0.1, 0.15) is 10.0 Å². The molecule has 39 heavy (non-hydrogen) atoms. The van der Waals surface area contributed by atoms with Crippen LogP contribution in [0.1, 0.15) is 45.1 Å². The number of rotatable bonds is 11. The van der Waals surface area contributed by atoms with Gasteiger partial charge in [-0.1, -0.05) is 87.4 Å². The number of para-hydroxylation sites is 1. The van der Waals surface area contributed by atoms with Crippen molar-refractivity contribution >= 4 is 50.3 Å². The average Bonchev–Trinajstić information content (AvgIpc) is 3.47. The van der Waals surface area contributed by atoms with Crippen LogP contribution in [0.4, 0.5) is 0 Å². The summed E-state index contributed by atoms with van der Waals surface area (Å²) in [4.78, 5) is 15.9. The van der Waals surface area contributed by atoms with Gasteiger partial charge < -0.3 is 0 Å². The second-order valence-electron chi connectivity index (χ2n) is 9.74. The van der Waals surface area contributed by atoms with Crippen LogP contribution in [0.2, 0.25) is 0 Å². The lowest BCUT2D eigenvalue weighted by molar-refractivity contribution is -0.122. The van der Waals surface area contributed by atoms with Crippen molar-refractivity contribution in [3.63, 3.8) is 0 Å². The smallest absolute Gasteiger partial charge is 0.266 e. The first kappa shape index (κ1) is 29.2. The van der Waals surface area contributed by atoms with E-state index in [-0.39, 0.29) is 10.8 Å². The van der Waals surface area contributed by atoms with E-state index in [9.17, 15) is 13.2 Å². The Labute approximate surface area is 240 Å². The summed E-state index contributed by atoms with van der Waals surface area (Å²) in [6.45, 7) is 4.95. The van der Waals surface area contributed by atoms with E-state index in [0.717, 1.165) is 31.4 Å². The minimum absolute atomic E-state index is 0.0951. The van der Waals surface area contributed by atoms with Crippen LogP contribution in [0, 0.1) is 5.92 Å². The number of benzene rings is 2. The standard InChI is InChI=1S/C29H34N4O3S3/c1-5-7-12-21(6-2)19-32-28(34)26(38-29(32)37)18-23-20-33(24-14-9-8-10-15-24)30-27(23)22-13-11-16-25(17-22)39(35,36)31(3)4/h8-11,13-18,20-21H,5-7,12,19H2,1-4H3. The van der Waals surface area contributed by atoms with Gasteiger partial charge in [0.25, 0.3) is 5.91 Å². The molecule has 2 heterocycles. The van der Waals surface area contributed by atoms with Crippen LogP contribution in [-0.4, -0.2) is 58.3 Å². The van der Waals surface area contributed by atoms with Gasteiger partial charge in [0, 0.05) is 38.0 Å². The van der Waals surface area contributed by atoms with Crippen molar-refractivity contribution in [1.82, 2.24) is 19.0 Å². The third-order valence-corrected chi connectivity index (χ3v) is 9.98. The van der Waals surface area contributed by atoms with Crippen LogP contribution in [0.3, 0.4) is 0 Å². The number of hydrogen-bond acceptors (Lipinski definition) is 6. The molecule has 1 aliphatic rings. The molecule has 1 unspecified atom stereocenters. The Morgan fingerprint density at radius 2 is 1.85 bits per heavy atom. The SMILES string of the molecule is CCCCC(CC)CN1C(=O)C(=Cc2cn(-c3ccccc3)nc2-c2cccc(S(=O)(=O)N(C)C)c2)SC1=S. The number of carbonyl (C=O) groups is 1. The number of thioether (sulfide) groups is 1. The lowest BCUT2D eigenvalue weighted by Gasteiger charge is -2.21. The number of sulfonamides is 1. The van der Waals surface area contributed by atoms with Crippen LogP contribution < -0.4 is 0 Å². The molecule has 1 aromatic heterocycles. The number of nitrogens with zero attached hydrogens (tertiary/aromatic N) is 4. The van der Waals surface area contributed by atoms with Crippen molar-refractivity contribution in [2.75, 3.05) is 20.6 Å². The van der Waals surface area contributed by atoms with Gasteiger partial charge >= 0.3 is 0 Å². The highest BCUT2D eigenvalue weighted by Crippen LogP contribution is 2.36. The Kier molecular flexibility index (Phi) is 9.43. The van der Waals surface area contributed by atoms with Gasteiger partial charge in [-0.3, -0.25) is 9.69 Å². The number of thiocarbonyl (C=S) groups is 1. The predicted molar refractivity (Wildman–Crippen MR) is 163 cm³/mol.